The highest BCUT2D eigenvalue weighted by atomic mass is 35.5. The van der Waals surface area contributed by atoms with Gasteiger partial charge in [0.2, 0.25) is 0 Å². The molecule has 0 amide bonds. The fourth-order valence-electron chi connectivity index (χ4n) is 1.79. The summed E-state index contributed by atoms with van der Waals surface area (Å²) < 4.78 is 5.65. The fourth-order valence-corrected chi connectivity index (χ4v) is 2.06. The third-order valence-electron chi connectivity index (χ3n) is 2.45. The molecule has 1 aliphatic rings. The van der Waals surface area contributed by atoms with Crippen LogP contribution in [0.4, 0.5) is 0 Å². The van der Waals surface area contributed by atoms with E-state index in [1.54, 1.807) is 0 Å². The first-order chi connectivity index (χ1) is 6.75. The van der Waals surface area contributed by atoms with Crippen LogP contribution in [0.15, 0.2) is 12.1 Å². The van der Waals surface area contributed by atoms with Gasteiger partial charge >= 0.3 is 0 Å². The van der Waals surface area contributed by atoms with Gasteiger partial charge < -0.3 is 4.74 Å². The maximum absolute atomic E-state index is 5.97. The molecule has 1 fully saturated rings. The van der Waals surface area contributed by atoms with Crippen molar-refractivity contribution in [2.45, 2.75) is 32.3 Å². The summed E-state index contributed by atoms with van der Waals surface area (Å²) in [5.41, 5.74) is 1.94. The lowest BCUT2D eigenvalue weighted by molar-refractivity contribution is 0.0122. The first kappa shape index (κ1) is 9.94. The summed E-state index contributed by atoms with van der Waals surface area (Å²) in [7, 11) is 0. The van der Waals surface area contributed by atoms with E-state index in [2.05, 4.69) is 4.98 Å². The highest BCUT2D eigenvalue weighted by Crippen LogP contribution is 2.28. The second-order valence-electron chi connectivity index (χ2n) is 3.71. The summed E-state index contributed by atoms with van der Waals surface area (Å²) in [5, 5.41) is 0.752. The highest BCUT2D eigenvalue weighted by molar-refractivity contribution is 6.30. The van der Waals surface area contributed by atoms with E-state index in [9.17, 15) is 0 Å². The van der Waals surface area contributed by atoms with E-state index >= 15 is 0 Å². The molecule has 2 heterocycles. The molecule has 2 nitrogen and oxygen atoms in total. The van der Waals surface area contributed by atoms with Crippen LogP contribution in [0.5, 0.6) is 0 Å². The van der Waals surface area contributed by atoms with Crippen LogP contribution in [0.25, 0.3) is 0 Å². The number of hydrogen-bond acceptors (Lipinski definition) is 2. The molecule has 1 aliphatic heterocycles. The van der Waals surface area contributed by atoms with Crippen LogP contribution in [-0.4, -0.2) is 11.6 Å². The van der Waals surface area contributed by atoms with Gasteiger partial charge in [0.1, 0.15) is 0 Å². The zero-order valence-electron chi connectivity index (χ0n) is 8.29. The molecule has 14 heavy (non-hydrogen) atoms. The van der Waals surface area contributed by atoms with Crippen molar-refractivity contribution in [1.82, 2.24) is 4.98 Å². The van der Waals surface area contributed by atoms with Crippen molar-refractivity contribution in [2.24, 2.45) is 0 Å². The molecule has 0 aliphatic carbocycles. The fraction of sp³-hybridized carbons (Fsp3) is 0.545. The molecule has 1 atom stereocenters. The van der Waals surface area contributed by atoms with Gasteiger partial charge in [-0.15, -0.1) is 0 Å². The molecule has 0 radical (unpaired) electrons. The molecule has 1 aromatic heterocycles. The van der Waals surface area contributed by atoms with Gasteiger partial charge in [0, 0.05) is 17.3 Å². The Morgan fingerprint density at radius 3 is 2.93 bits per heavy atom. The molecular weight excluding hydrogens is 198 g/mol. The van der Waals surface area contributed by atoms with Crippen molar-refractivity contribution in [3.8, 4) is 0 Å². The molecule has 1 aromatic rings. The van der Waals surface area contributed by atoms with Gasteiger partial charge in [-0.05, 0) is 38.3 Å². The van der Waals surface area contributed by atoms with E-state index in [-0.39, 0.29) is 6.10 Å². The van der Waals surface area contributed by atoms with Crippen molar-refractivity contribution in [2.75, 3.05) is 6.61 Å². The van der Waals surface area contributed by atoms with Gasteiger partial charge in [0.15, 0.2) is 0 Å². The smallest absolute Gasteiger partial charge is 0.0995 e. The van der Waals surface area contributed by atoms with Crippen LogP contribution in [0.3, 0.4) is 0 Å². The lowest BCUT2D eigenvalue weighted by Crippen LogP contribution is -2.13. The normalized spacial score (nSPS) is 22.3. The van der Waals surface area contributed by atoms with Crippen molar-refractivity contribution in [3.63, 3.8) is 0 Å². The Hall–Kier alpha value is -0.600. The summed E-state index contributed by atoms with van der Waals surface area (Å²) >= 11 is 5.97. The Balaban J connectivity index is 2.21. The largest absolute Gasteiger partial charge is 0.372 e. The van der Waals surface area contributed by atoms with Crippen molar-refractivity contribution in [1.29, 1.82) is 0 Å². The zero-order valence-corrected chi connectivity index (χ0v) is 9.05. The predicted octanol–water partition coefficient (Wildman–Crippen LogP) is 3.29. The van der Waals surface area contributed by atoms with Crippen LogP contribution in [0, 0.1) is 6.92 Å². The molecular formula is C11H14ClNO. The van der Waals surface area contributed by atoms with E-state index < -0.39 is 0 Å². The summed E-state index contributed by atoms with van der Waals surface area (Å²) in [6, 6.07) is 3.78. The molecule has 0 unspecified atom stereocenters. The van der Waals surface area contributed by atoms with Gasteiger partial charge in [-0.3, -0.25) is 4.98 Å². The van der Waals surface area contributed by atoms with Gasteiger partial charge in [0.25, 0.3) is 0 Å². The van der Waals surface area contributed by atoms with Gasteiger partial charge in [0.05, 0.1) is 11.8 Å². The molecule has 0 saturated carbocycles. The minimum Gasteiger partial charge on any atom is -0.372 e. The first-order valence-corrected chi connectivity index (χ1v) is 5.39. The van der Waals surface area contributed by atoms with E-state index in [1.807, 2.05) is 19.1 Å². The van der Waals surface area contributed by atoms with Crippen LogP contribution in [0.1, 0.15) is 36.8 Å². The number of ether oxygens (including phenoxy) is 1. The SMILES string of the molecule is Cc1cc(Cl)cc([C@@H]2CCCCO2)n1. The van der Waals surface area contributed by atoms with Crippen LogP contribution in [0.2, 0.25) is 5.02 Å². The van der Waals surface area contributed by atoms with Crippen molar-refractivity contribution < 1.29 is 4.74 Å². The summed E-state index contributed by atoms with van der Waals surface area (Å²) in [5.74, 6) is 0. The van der Waals surface area contributed by atoms with E-state index in [1.165, 1.54) is 6.42 Å². The number of nitrogens with zero attached hydrogens (tertiary/aromatic N) is 1. The Bertz CT molecular complexity index is 301. The second-order valence-corrected chi connectivity index (χ2v) is 4.14. The molecule has 76 valence electrons. The predicted molar refractivity (Wildman–Crippen MR) is 56.5 cm³/mol. The Labute approximate surface area is 89.3 Å². The lowest BCUT2D eigenvalue weighted by atomic mass is 10.1. The topological polar surface area (TPSA) is 22.1 Å². The number of hydrogen-bond donors (Lipinski definition) is 0. The number of aryl methyl sites for hydroxylation is 1. The van der Waals surface area contributed by atoms with Gasteiger partial charge in [-0.2, -0.15) is 0 Å². The number of pyridine rings is 1. The van der Waals surface area contributed by atoms with E-state index in [0.29, 0.717) is 0 Å². The highest BCUT2D eigenvalue weighted by Gasteiger charge is 2.17. The molecule has 3 heteroatoms. The Morgan fingerprint density at radius 1 is 1.43 bits per heavy atom. The van der Waals surface area contributed by atoms with Crippen molar-refractivity contribution in [3.05, 3.63) is 28.5 Å². The van der Waals surface area contributed by atoms with Crippen LogP contribution < -0.4 is 0 Å². The lowest BCUT2D eigenvalue weighted by Gasteiger charge is -2.22. The van der Waals surface area contributed by atoms with Crippen molar-refractivity contribution >= 4 is 11.6 Å². The summed E-state index contributed by atoms with van der Waals surface area (Å²) in [6.45, 7) is 2.80. The third-order valence-corrected chi connectivity index (χ3v) is 2.67. The van der Waals surface area contributed by atoms with Crippen LogP contribution >= 0.6 is 11.6 Å². The van der Waals surface area contributed by atoms with E-state index in [4.69, 9.17) is 16.3 Å². The number of aromatic nitrogens is 1. The molecule has 1 saturated heterocycles. The molecule has 0 N–H and O–H groups in total. The third kappa shape index (κ3) is 2.25. The zero-order chi connectivity index (χ0) is 9.97. The van der Waals surface area contributed by atoms with Gasteiger partial charge in [-0.25, -0.2) is 0 Å². The van der Waals surface area contributed by atoms with Gasteiger partial charge in [-0.1, -0.05) is 11.6 Å². The average Bonchev–Trinajstić information content (AvgIpc) is 2.18. The van der Waals surface area contributed by atoms with E-state index in [0.717, 1.165) is 35.9 Å². The first-order valence-electron chi connectivity index (χ1n) is 5.01. The average molecular weight is 212 g/mol. The summed E-state index contributed by atoms with van der Waals surface area (Å²) in [6.07, 6.45) is 3.60. The number of rotatable bonds is 1. The number of halogens is 1. The standard InChI is InChI=1S/C11H14ClNO/c1-8-6-9(12)7-10(13-8)11-4-2-3-5-14-11/h6-7,11H,2-5H2,1H3/t11-/m0/s1. The minimum atomic E-state index is 0.154. The maximum Gasteiger partial charge on any atom is 0.0995 e. The Kier molecular flexibility index (Phi) is 3.04. The minimum absolute atomic E-state index is 0.154. The molecule has 0 bridgehead atoms. The maximum atomic E-state index is 5.97. The summed E-state index contributed by atoms with van der Waals surface area (Å²) in [4.78, 5) is 4.45. The molecule has 0 aromatic carbocycles. The Morgan fingerprint density at radius 2 is 2.29 bits per heavy atom. The second kappa shape index (κ2) is 4.28. The quantitative estimate of drug-likeness (QED) is 0.711. The molecule has 0 spiro atoms. The molecule has 2 rings (SSSR count). The monoisotopic (exact) mass is 211 g/mol. The van der Waals surface area contributed by atoms with Crippen LogP contribution in [-0.2, 0) is 4.74 Å².